The predicted molar refractivity (Wildman–Crippen MR) is 119 cm³/mol. The molecule has 3 heterocycles. The number of nitrogens with zero attached hydrogens (tertiary/aromatic N) is 4. The molecule has 0 saturated carbocycles. The summed E-state index contributed by atoms with van der Waals surface area (Å²) in [7, 11) is 1.71. The minimum atomic E-state index is -2.69. The molecule has 3 N–H and O–H groups in total. The van der Waals surface area contributed by atoms with Crippen molar-refractivity contribution in [2.75, 3.05) is 23.3 Å². The zero-order chi connectivity index (χ0) is 22.6. The highest BCUT2D eigenvalue weighted by Gasteiger charge is 2.25. The Morgan fingerprint density at radius 3 is 2.59 bits per heavy atom. The number of piperazine rings is 1. The first-order valence-corrected chi connectivity index (χ1v) is 10.5. The van der Waals surface area contributed by atoms with E-state index in [2.05, 4.69) is 44.7 Å². The summed E-state index contributed by atoms with van der Waals surface area (Å²) in [6.45, 7) is 5.60. The topological polar surface area (TPSA) is 73.8 Å². The molecule has 1 saturated heterocycles. The number of hydrogen-bond acceptors (Lipinski definition) is 5. The summed E-state index contributed by atoms with van der Waals surface area (Å²) in [5.41, 5.74) is 1.77. The number of aryl methyl sites for hydroxylation is 1. The van der Waals surface area contributed by atoms with Crippen LogP contribution in [0.4, 0.5) is 30.4 Å². The van der Waals surface area contributed by atoms with Gasteiger partial charge in [-0.15, -0.1) is 0 Å². The summed E-state index contributed by atoms with van der Waals surface area (Å²) in [5.74, 6) is -0.268. The van der Waals surface area contributed by atoms with Crippen molar-refractivity contribution in [2.24, 2.45) is 7.05 Å². The van der Waals surface area contributed by atoms with Gasteiger partial charge in [-0.25, -0.2) is 13.2 Å². The van der Waals surface area contributed by atoms with Crippen molar-refractivity contribution < 1.29 is 13.2 Å². The maximum atomic E-state index is 14.5. The van der Waals surface area contributed by atoms with E-state index in [1.165, 1.54) is 16.8 Å². The molecule has 0 amide bonds. The molecule has 2 aromatic carbocycles. The molecule has 1 aliphatic heterocycles. The van der Waals surface area contributed by atoms with Crippen LogP contribution in [0.2, 0.25) is 0 Å². The Morgan fingerprint density at radius 2 is 1.88 bits per heavy atom. The van der Waals surface area contributed by atoms with Crippen LogP contribution in [0.15, 0.2) is 30.5 Å². The summed E-state index contributed by atoms with van der Waals surface area (Å²) < 4.78 is 44.2. The van der Waals surface area contributed by atoms with Gasteiger partial charge in [-0.1, -0.05) is 0 Å². The lowest BCUT2D eigenvalue weighted by molar-refractivity contribution is 0.153. The Labute approximate surface area is 182 Å². The number of aromatic nitrogens is 4. The Bertz CT molecular complexity index is 1290. The number of alkyl halides is 2. The molecule has 1 fully saturated rings. The molecule has 2 atom stereocenters. The van der Waals surface area contributed by atoms with Crippen molar-refractivity contribution in [1.29, 1.82) is 0 Å². The second-order valence-electron chi connectivity index (χ2n) is 8.53. The second kappa shape index (κ2) is 7.70. The monoisotopic (exact) mass is 443 g/mol. The van der Waals surface area contributed by atoms with Crippen molar-refractivity contribution in [2.45, 2.75) is 32.4 Å². The van der Waals surface area contributed by atoms with E-state index in [1.807, 2.05) is 6.07 Å². The molecule has 10 heteroatoms. The Balaban J connectivity index is 1.55. The fourth-order valence-corrected chi connectivity index (χ4v) is 4.58. The molecule has 7 nitrogen and oxygen atoms in total. The van der Waals surface area contributed by atoms with Gasteiger partial charge >= 0.3 is 0 Å². The number of halogens is 3. The minimum absolute atomic E-state index is 0.115. The van der Waals surface area contributed by atoms with Crippen molar-refractivity contribution in [3.63, 3.8) is 0 Å². The summed E-state index contributed by atoms with van der Waals surface area (Å²) >= 11 is 0. The molecule has 2 aromatic heterocycles. The Hall–Kier alpha value is -3.27. The third-order valence-corrected chi connectivity index (χ3v) is 5.78. The highest BCUT2D eigenvalue weighted by atomic mass is 19.3. The summed E-state index contributed by atoms with van der Waals surface area (Å²) in [6.07, 6.45) is -0.996. The van der Waals surface area contributed by atoms with E-state index >= 15 is 0 Å². The molecule has 0 unspecified atom stereocenters. The summed E-state index contributed by atoms with van der Waals surface area (Å²) in [4.78, 5) is 2.11. The van der Waals surface area contributed by atoms with Gasteiger partial charge in [0.25, 0.3) is 6.43 Å². The average Bonchev–Trinajstić information content (AvgIpc) is 3.29. The van der Waals surface area contributed by atoms with Gasteiger partial charge in [-0.2, -0.15) is 10.2 Å². The number of nitrogens with one attached hydrogen (secondary N) is 3. The number of rotatable bonds is 4. The molecule has 0 spiro atoms. The normalized spacial score (nSPS) is 19.4. The van der Waals surface area contributed by atoms with E-state index in [1.54, 1.807) is 19.3 Å². The van der Waals surface area contributed by atoms with Gasteiger partial charge in [0.05, 0.1) is 10.9 Å². The molecule has 0 bridgehead atoms. The highest BCUT2D eigenvalue weighted by Crippen LogP contribution is 2.37. The first kappa shape index (κ1) is 20.6. The molecule has 168 valence electrons. The van der Waals surface area contributed by atoms with Crippen LogP contribution in [0.1, 0.15) is 25.8 Å². The van der Waals surface area contributed by atoms with Crippen molar-refractivity contribution >= 4 is 39.0 Å². The summed E-state index contributed by atoms with van der Waals surface area (Å²) in [5, 5.41) is 18.5. The molecule has 4 aromatic rings. The quantitative estimate of drug-likeness (QED) is 0.434. The molecule has 0 radical (unpaired) electrons. The van der Waals surface area contributed by atoms with Crippen LogP contribution in [0.5, 0.6) is 0 Å². The lowest BCUT2D eigenvalue weighted by Crippen LogP contribution is -2.54. The van der Waals surface area contributed by atoms with Gasteiger partial charge in [-0.3, -0.25) is 9.78 Å². The SMILES string of the molecule is C[C@@H]1CN(c2cc(C(F)F)c3c(Nc4cc(F)c5nn(C)cc5c4)n[nH]c3c2)C[C@H](C)N1. The number of benzene rings is 2. The van der Waals surface area contributed by atoms with E-state index in [9.17, 15) is 13.2 Å². The third kappa shape index (κ3) is 3.64. The van der Waals surface area contributed by atoms with Crippen LogP contribution in [-0.4, -0.2) is 45.2 Å². The minimum Gasteiger partial charge on any atom is -0.368 e. The van der Waals surface area contributed by atoms with E-state index in [0.717, 1.165) is 18.8 Å². The van der Waals surface area contributed by atoms with E-state index in [0.29, 0.717) is 22.0 Å². The lowest BCUT2D eigenvalue weighted by atomic mass is 10.1. The van der Waals surface area contributed by atoms with Gasteiger partial charge in [0.15, 0.2) is 11.6 Å². The molecule has 32 heavy (non-hydrogen) atoms. The van der Waals surface area contributed by atoms with Gasteiger partial charge in [0.1, 0.15) is 5.52 Å². The van der Waals surface area contributed by atoms with E-state index < -0.39 is 12.2 Å². The molecule has 5 rings (SSSR count). The van der Waals surface area contributed by atoms with Crippen LogP contribution in [-0.2, 0) is 7.05 Å². The standard InChI is InChI=1S/C22H24F3N7/c1-11-8-32(9-12(2)26-11)15-6-16(21(24)25)19-18(7-15)28-29-22(19)27-14-4-13-10-31(3)30-20(13)17(23)5-14/h4-7,10-12,21,26H,8-9H2,1-3H3,(H2,27,28,29)/t11-,12+. The average molecular weight is 443 g/mol. The maximum Gasteiger partial charge on any atom is 0.264 e. The zero-order valence-electron chi connectivity index (χ0n) is 18.0. The largest absolute Gasteiger partial charge is 0.368 e. The van der Waals surface area contributed by atoms with Gasteiger partial charge in [-0.05, 0) is 38.1 Å². The van der Waals surface area contributed by atoms with Crippen LogP contribution >= 0.6 is 0 Å². The third-order valence-electron chi connectivity index (χ3n) is 5.78. The van der Waals surface area contributed by atoms with Crippen molar-refractivity contribution in [3.05, 3.63) is 41.8 Å². The van der Waals surface area contributed by atoms with E-state index in [4.69, 9.17) is 0 Å². The van der Waals surface area contributed by atoms with Gasteiger partial charge in [0, 0.05) is 60.7 Å². The Morgan fingerprint density at radius 1 is 1.12 bits per heavy atom. The number of anilines is 3. The molecular weight excluding hydrogens is 419 g/mol. The van der Waals surface area contributed by atoms with Crippen LogP contribution in [0.25, 0.3) is 21.8 Å². The molecule has 1 aliphatic rings. The van der Waals surface area contributed by atoms with E-state index in [-0.39, 0.29) is 29.0 Å². The smallest absolute Gasteiger partial charge is 0.264 e. The number of fused-ring (bicyclic) bond motifs is 2. The molecule has 0 aliphatic carbocycles. The van der Waals surface area contributed by atoms with Gasteiger partial charge in [0.2, 0.25) is 0 Å². The highest BCUT2D eigenvalue weighted by molar-refractivity contribution is 5.97. The number of H-pyrrole nitrogens is 1. The number of hydrogen-bond donors (Lipinski definition) is 3. The van der Waals surface area contributed by atoms with Crippen molar-refractivity contribution in [1.82, 2.24) is 25.3 Å². The zero-order valence-corrected chi connectivity index (χ0v) is 18.0. The fourth-order valence-electron chi connectivity index (χ4n) is 4.58. The van der Waals surface area contributed by atoms with Crippen LogP contribution < -0.4 is 15.5 Å². The van der Waals surface area contributed by atoms with Crippen LogP contribution in [0, 0.1) is 5.82 Å². The first-order chi connectivity index (χ1) is 15.3. The number of aromatic amines is 1. The van der Waals surface area contributed by atoms with Crippen LogP contribution in [0.3, 0.4) is 0 Å². The fraction of sp³-hybridized carbons (Fsp3) is 0.364. The van der Waals surface area contributed by atoms with Crippen molar-refractivity contribution in [3.8, 4) is 0 Å². The Kier molecular flexibility index (Phi) is 4.96. The second-order valence-corrected chi connectivity index (χ2v) is 8.53. The molecular formula is C22H24F3N7. The van der Waals surface area contributed by atoms with Gasteiger partial charge < -0.3 is 15.5 Å². The summed E-state index contributed by atoms with van der Waals surface area (Å²) in [6, 6.07) is 6.88. The first-order valence-electron chi connectivity index (χ1n) is 10.5. The maximum absolute atomic E-state index is 14.5. The lowest BCUT2D eigenvalue weighted by Gasteiger charge is -2.37. The predicted octanol–water partition coefficient (Wildman–Crippen LogP) is 4.46.